The molecule has 0 bridgehead atoms. The number of amides is 1. The standard InChI is InChI=1S/C27H27N3O4S/c1-17(26-29-11-13-35-26)6-9-23-18(2)27(10-12-34-23)15-21(27)25(33)30-22-14-19(16-28)7-8-20(22)4-3-5-24(31)32/h6-9,11,13-14,21H,1,3-5,10,12,15H2,2H3,(H,30,33)(H,31,32)/b9-6-/t21-,27-/m0/s1. The summed E-state index contributed by atoms with van der Waals surface area (Å²) < 4.78 is 5.91. The van der Waals surface area contributed by atoms with Crippen molar-refractivity contribution >= 4 is 34.5 Å². The van der Waals surface area contributed by atoms with Crippen LogP contribution in [0.15, 0.2) is 59.8 Å². The topological polar surface area (TPSA) is 112 Å². The van der Waals surface area contributed by atoms with Crippen molar-refractivity contribution in [2.75, 3.05) is 11.9 Å². The fraction of sp³-hybridized carbons (Fsp3) is 0.333. The van der Waals surface area contributed by atoms with E-state index in [1.54, 1.807) is 24.4 Å². The minimum absolute atomic E-state index is 0.0500. The Kier molecular flexibility index (Phi) is 7.17. The maximum atomic E-state index is 13.3. The Morgan fingerprint density at radius 1 is 1.46 bits per heavy atom. The van der Waals surface area contributed by atoms with Gasteiger partial charge in [-0.3, -0.25) is 9.59 Å². The smallest absolute Gasteiger partial charge is 0.303 e. The van der Waals surface area contributed by atoms with E-state index in [2.05, 4.69) is 22.9 Å². The van der Waals surface area contributed by atoms with Crippen LogP contribution < -0.4 is 5.32 Å². The molecule has 1 amide bonds. The molecule has 1 fully saturated rings. The second kappa shape index (κ2) is 10.3. The summed E-state index contributed by atoms with van der Waals surface area (Å²) in [5.41, 5.74) is 3.48. The number of carbonyl (C=O) groups is 2. The second-order valence-corrected chi connectivity index (χ2v) is 9.81. The fourth-order valence-corrected chi connectivity index (χ4v) is 5.25. The molecule has 1 aliphatic carbocycles. The molecule has 1 aromatic carbocycles. The first-order chi connectivity index (χ1) is 16.8. The first-order valence-electron chi connectivity index (χ1n) is 11.5. The molecule has 35 heavy (non-hydrogen) atoms. The van der Waals surface area contributed by atoms with Crippen LogP contribution in [0.4, 0.5) is 5.69 Å². The molecule has 2 heterocycles. The van der Waals surface area contributed by atoms with E-state index < -0.39 is 5.97 Å². The maximum absolute atomic E-state index is 13.3. The van der Waals surface area contributed by atoms with Crippen molar-refractivity contribution < 1.29 is 19.4 Å². The Morgan fingerprint density at radius 2 is 2.29 bits per heavy atom. The van der Waals surface area contributed by atoms with Gasteiger partial charge in [-0.2, -0.15) is 5.26 Å². The number of ether oxygens (including phenoxy) is 1. The zero-order valence-corrected chi connectivity index (χ0v) is 20.4. The van der Waals surface area contributed by atoms with Gasteiger partial charge in [-0.15, -0.1) is 11.3 Å². The minimum atomic E-state index is -0.856. The number of nitrogens with one attached hydrogen (secondary N) is 1. The molecule has 1 aromatic heterocycles. The number of rotatable bonds is 9. The Balaban J connectivity index is 1.48. The van der Waals surface area contributed by atoms with Crippen LogP contribution >= 0.6 is 11.3 Å². The monoisotopic (exact) mass is 489 g/mol. The van der Waals surface area contributed by atoms with Gasteiger partial charge < -0.3 is 15.2 Å². The zero-order valence-electron chi connectivity index (χ0n) is 19.5. The van der Waals surface area contributed by atoms with Crippen LogP contribution in [0.25, 0.3) is 5.57 Å². The van der Waals surface area contributed by atoms with E-state index in [0.717, 1.165) is 40.3 Å². The molecule has 8 heteroatoms. The van der Waals surface area contributed by atoms with Gasteiger partial charge in [-0.25, -0.2) is 4.98 Å². The highest BCUT2D eigenvalue weighted by Gasteiger charge is 2.60. The molecule has 2 aliphatic rings. The normalized spacial score (nSPS) is 21.0. The number of benzene rings is 1. The highest BCUT2D eigenvalue weighted by molar-refractivity contribution is 7.10. The number of aliphatic carboxylic acids is 1. The summed E-state index contributed by atoms with van der Waals surface area (Å²) in [6.45, 7) is 6.62. The van der Waals surface area contributed by atoms with Gasteiger partial charge in [0.1, 0.15) is 10.8 Å². The Hall–Kier alpha value is -3.70. The average molecular weight is 490 g/mol. The lowest BCUT2D eigenvalue weighted by Gasteiger charge is -2.27. The molecule has 0 saturated heterocycles. The van der Waals surface area contributed by atoms with E-state index in [0.29, 0.717) is 30.7 Å². The van der Waals surface area contributed by atoms with E-state index in [4.69, 9.17) is 9.84 Å². The molecular formula is C27H27N3O4S. The number of allylic oxidation sites excluding steroid dienone is 4. The van der Waals surface area contributed by atoms with Gasteiger partial charge in [0.05, 0.1) is 18.2 Å². The van der Waals surface area contributed by atoms with Gasteiger partial charge in [0.15, 0.2) is 0 Å². The van der Waals surface area contributed by atoms with Gasteiger partial charge in [-0.1, -0.05) is 12.6 Å². The molecule has 1 saturated carbocycles. The largest absolute Gasteiger partial charge is 0.494 e. The lowest BCUT2D eigenvalue weighted by molar-refractivity contribution is -0.137. The minimum Gasteiger partial charge on any atom is -0.494 e. The summed E-state index contributed by atoms with van der Waals surface area (Å²) in [7, 11) is 0. The molecule has 0 radical (unpaired) electrons. The number of nitriles is 1. The van der Waals surface area contributed by atoms with Crippen molar-refractivity contribution in [1.82, 2.24) is 4.98 Å². The van der Waals surface area contributed by atoms with Crippen molar-refractivity contribution in [1.29, 1.82) is 5.26 Å². The number of carboxylic acid groups (broad SMARTS) is 1. The summed E-state index contributed by atoms with van der Waals surface area (Å²) in [6, 6.07) is 7.24. The molecule has 7 nitrogen and oxygen atoms in total. The van der Waals surface area contributed by atoms with Crippen molar-refractivity contribution in [3.8, 4) is 6.07 Å². The van der Waals surface area contributed by atoms with Gasteiger partial charge >= 0.3 is 5.97 Å². The molecule has 2 aromatic rings. The Morgan fingerprint density at radius 3 is 3.00 bits per heavy atom. The zero-order chi connectivity index (χ0) is 25.0. The van der Waals surface area contributed by atoms with Gasteiger partial charge in [0, 0.05) is 40.6 Å². The summed E-state index contributed by atoms with van der Waals surface area (Å²) in [5.74, 6) is -0.359. The number of anilines is 1. The Labute approximate surface area is 208 Å². The number of thiazole rings is 1. The summed E-state index contributed by atoms with van der Waals surface area (Å²) in [6.07, 6.45) is 8.07. The lowest BCUT2D eigenvalue weighted by Crippen LogP contribution is -2.24. The van der Waals surface area contributed by atoms with Crippen LogP contribution in [0.5, 0.6) is 0 Å². The number of carboxylic acids is 1. The first kappa shape index (κ1) is 24.4. The van der Waals surface area contributed by atoms with E-state index in [9.17, 15) is 14.9 Å². The van der Waals surface area contributed by atoms with Crippen LogP contribution in [-0.4, -0.2) is 28.6 Å². The molecule has 180 valence electrons. The maximum Gasteiger partial charge on any atom is 0.303 e. The highest BCUT2D eigenvalue weighted by Crippen LogP contribution is 2.62. The van der Waals surface area contributed by atoms with E-state index in [1.165, 1.54) is 11.3 Å². The number of hydrogen-bond acceptors (Lipinski definition) is 6. The highest BCUT2D eigenvalue weighted by atomic mass is 32.1. The summed E-state index contributed by atoms with van der Waals surface area (Å²) in [5, 5.41) is 24.0. The SMILES string of the molecule is C=C(/C=C\C1=C(C)[C@]2(CCO1)C[C@H]2C(=O)Nc1cc(C#N)ccc1CCCC(=O)O)c1nccs1. The van der Waals surface area contributed by atoms with Crippen LogP contribution in [0.3, 0.4) is 0 Å². The molecule has 2 N–H and O–H groups in total. The lowest BCUT2D eigenvalue weighted by atomic mass is 9.87. The molecule has 1 aliphatic heterocycles. The van der Waals surface area contributed by atoms with Crippen LogP contribution in [0, 0.1) is 22.7 Å². The second-order valence-electron chi connectivity index (χ2n) is 8.92. The summed E-state index contributed by atoms with van der Waals surface area (Å²) in [4.78, 5) is 28.4. The molecule has 2 atom stereocenters. The molecule has 1 spiro atoms. The number of carbonyl (C=O) groups excluding carboxylic acids is 1. The molecular weight excluding hydrogens is 462 g/mol. The predicted molar refractivity (Wildman–Crippen MR) is 134 cm³/mol. The van der Waals surface area contributed by atoms with Gasteiger partial charge in [0.2, 0.25) is 5.91 Å². The van der Waals surface area contributed by atoms with E-state index >= 15 is 0 Å². The van der Waals surface area contributed by atoms with E-state index in [-0.39, 0.29) is 23.7 Å². The quantitative estimate of drug-likeness (QED) is 0.460. The van der Waals surface area contributed by atoms with Gasteiger partial charge in [0.25, 0.3) is 0 Å². The van der Waals surface area contributed by atoms with Crippen molar-refractivity contribution in [2.45, 2.75) is 39.0 Å². The third-order valence-electron chi connectivity index (χ3n) is 6.79. The third kappa shape index (κ3) is 5.36. The van der Waals surface area contributed by atoms with Crippen molar-refractivity contribution in [3.63, 3.8) is 0 Å². The van der Waals surface area contributed by atoms with Crippen molar-refractivity contribution in [2.24, 2.45) is 11.3 Å². The fourth-order valence-electron chi connectivity index (χ4n) is 4.66. The van der Waals surface area contributed by atoms with E-state index in [1.807, 2.05) is 24.5 Å². The Bertz CT molecular complexity index is 1260. The first-order valence-corrected chi connectivity index (χ1v) is 12.4. The third-order valence-corrected chi connectivity index (χ3v) is 7.64. The number of aryl methyl sites for hydroxylation is 1. The predicted octanol–water partition coefficient (Wildman–Crippen LogP) is 5.33. The molecule has 0 unspecified atom stereocenters. The number of nitrogens with zero attached hydrogens (tertiary/aromatic N) is 2. The molecule has 4 rings (SSSR count). The average Bonchev–Trinajstić information content (AvgIpc) is 3.29. The van der Waals surface area contributed by atoms with Crippen LogP contribution in [0.2, 0.25) is 0 Å². The number of hydrogen-bond donors (Lipinski definition) is 2. The van der Waals surface area contributed by atoms with Crippen LogP contribution in [0.1, 0.15) is 48.7 Å². The summed E-state index contributed by atoms with van der Waals surface area (Å²) >= 11 is 1.52. The number of aromatic nitrogens is 1. The van der Waals surface area contributed by atoms with Crippen LogP contribution in [-0.2, 0) is 20.7 Å². The van der Waals surface area contributed by atoms with Gasteiger partial charge in [-0.05, 0) is 68.0 Å². The van der Waals surface area contributed by atoms with Crippen molar-refractivity contribution in [3.05, 3.63) is 76.0 Å².